The average molecular weight is 504 g/mol. The number of sulfonamides is 1. The topological polar surface area (TPSA) is 96.0 Å². The molecule has 2 aromatic carbocycles. The van der Waals surface area contributed by atoms with Crippen molar-refractivity contribution in [3.8, 4) is 5.75 Å². The first kappa shape index (κ1) is 28.2. The van der Waals surface area contributed by atoms with E-state index >= 15 is 0 Å². The van der Waals surface area contributed by atoms with Crippen molar-refractivity contribution in [3.63, 3.8) is 0 Å². The first-order chi connectivity index (χ1) is 16.5. The first-order valence-electron chi connectivity index (χ1n) is 11.7. The van der Waals surface area contributed by atoms with E-state index in [0.29, 0.717) is 24.4 Å². The molecule has 2 rings (SSSR count). The predicted molar refractivity (Wildman–Crippen MR) is 139 cm³/mol. The van der Waals surface area contributed by atoms with E-state index in [-0.39, 0.29) is 31.3 Å². The number of hydrogen-bond donors (Lipinski definition) is 1. The van der Waals surface area contributed by atoms with E-state index in [1.54, 1.807) is 20.1 Å². The third-order valence-electron chi connectivity index (χ3n) is 6.03. The van der Waals surface area contributed by atoms with Crippen LogP contribution in [0.4, 0.5) is 5.69 Å². The Kier molecular flexibility index (Phi) is 10.1. The molecule has 0 heterocycles. The molecule has 1 atom stereocenters. The van der Waals surface area contributed by atoms with Crippen LogP contribution in [0.25, 0.3) is 0 Å². The number of methoxy groups -OCH3 is 1. The fourth-order valence-corrected chi connectivity index (χ4v) is 4.84. The van der Waals surface area contributed by atoms with Crippen molar-refractivity contribution >= 4 is 27.5 Å². The molecule has 1 N–H and O–H groups in total. The lowest BCUT2D eigenvalue weighted by Crippen LogP contribution is -2.47. The molecule has 0 spiro atoms. The molecule has 0 fully saturated rings. The van der Waals surface area contributed by atoms with E-state index in [1.165, 1.54) is 15.5 Å². The summed E-state index contributed by atoms with van der Waals surface area (Å²) in [4.78, 5) is 27.3. The number of rotatable bonds is 12. The van der Waals surface area contributed by atoms with Crippen molar-refractivity contribution < 1.29 is 22.7 Å². The molecule has 0 aliphatic heterocycles. The highest BCUT2D eigenvalue weighted by atomic mass is 32.2. The smallest absolute Gasteiger partial charge is 0.242 e. The predicted octanol–water partition coefficient (Wildman–Crippen LogP) is 3.41. The van der Waals surface area contributed by atoms with Gasteiger partial charge in [-0.2, -0.15) is 0 Å². The summed E-state index contributed by atoms with van der Waals surface area (Å²) in [6, 6.07) is 12.2. The van der Waals surface area contributed by atoms with Crippen molar-refractivity contribution in [2.24, 2.45) is 0 Å². The highest BCUT2D eigenvalue weighted by Gasteiger charge is 2.26. The van der Waals surface area contributed by atoms with Gasteiger partial charge in [0.05, 0.1) is 19.1 Å². The molecule has 35 heavy (non-hydrogen) atoms. The summed E-state index contributed by atoms with van der Waals surface area (Å²) in [6.07, 6.45) is 1.60. The SMILES string of the molecule is CCNC(=O)[C@@H](C)N(Cc1ccc(OC)cc1)C(=O)CCCN(c1cccc(C)c1C)S(C)(=O)=O. The number of nitrogens with one attached hydrogen (secondary N) is 1. The highest BCUT2D eigenvalue weighted by Crippen LogP contribution is 2.25. The number of anilines is 1. The Bertz CT molecular complexity index is 1120. The summed E-state index contributed by atoms with van der Waals surface area (Å²) >= 11 is 0. The highest BCUT2D eigenvalue weighted by molar-refractivity contribution is 7.92. The van der Waals surface area contributed by atoms with Crippen LogP contribution in [-0.2, 0) is 26.2 Å². The van der Waals surface area contributed by atoms with Crippen LogP contribution in [0.15, 0.2) is 42.5 Å². The lowest BCUT2D eigenvalue weighted by atomic mass is 10.1. The maximum Gasteiger partial charge on any atom is 0.242 e. The van der Waals surface area contributed by atoms with E-state index in [0.717, 1.165) is 16.7 Å². The van der Waals surface area contributed by atoms with Gasteiger partial charge in [0.25, 0.3) is 0 Å². The average Bonchev–Trinajstić information content (AvgIpc) is 2.81. The van der Waals surface area contributed by atoms with E-state index in [9.17, 15) is 18.0 Å². The standard InChI is InChI=1S/C26H37N3O5S/c1-7-27-26(31)21(4)28(18-22-13-15-23(34-5)16-14-22)25(30)12-9-17-29(35(6,32)33)24-11-8-10-19(2)20(24)3/h8,10-11,13-16,21H,7,9,12,17-18H2,1-6H3,(H,27,31)/t21-/m1/s1. The minimum Gasteiger partial charge on any atom is -0.497 e. The number of aryl methyl sites for hydroxylation is 1. The number of benzene rings is 2. The Morgan fingerprint density at radius 1 is 1.09 bits per heavy atom. The third-order valence-corrected chi connectivity index (χ3v) is 7.21. The van der Waals surface area contributed by atoms with Crippen molar-refractivity contribution in [3.05, 3.63) is 59.2 Å². The van der Waals surface area contributed by atoms with Gasteiger partial charge in [0.15, 0.2) is 0 Å². The number of carbonyl (C=O) groups excluding carboxylic acids is 2. The number of ether oxygens (including phenoxy) is 1. The Labute approximate surface area is 209 Å². The second-order valence-corrected chi connectivity index (χ2v) is 10.5. The summed E-state index contributed by atoms with van der Waals surface area (Å²) in [5.74, 6) is 0.257. The Hall–Kier alpha value is -3.07. The molecule has 2 amide bonds. The van der Waals surface area contributed by atoms with Gasteiger partial charge in [0.1, 0.15) is 11.8 Å². The molecular formula is C26H37N3O5S. The van der Waals surface area contributed by atoms with Crippen LogP contribution in [0.2, 0.25) is 0 Å². The van der Waals surface area contributed by atoms with Gasteiger partial charge in [0.2, 0.25) is 21.8 Å². The van der Waals surface area contributed by atoms with Gasteiger partial charge in [-0.05, 0) is 69.0 Å². The molecule has 2 aromatic rings. The number of likely N-dealkylation sites (N-methyl/N-ethyl adjacent to an activating group) is 1. The Morgan fingerprint density at radius 2 is 1.74 bits per heavy atom. The molecule has 0 radical (unpaired) electrons. The molecule has 192 valence electrons. The van der Waals surface area contributed by atoms with Crippen LogP contribution in [-0.4, -0.2) is 57.6 Å². The summed E-state index contributed by atoms with van der Waals surface area (Å²) in [6.45, 7) is 8.24. The molecule has 0 saturated carbocycles. The van der Waals surface area contributed by atoms with Crippen LogP contribution in [0.1, 0.15) is 43.4 Å². The van der Waals surface area contributed by atoms with Gasteiger partial charge in [-0.1, -0.05) is 24.3 Å². The normalized spacial score (nSPS) is 12.1. The first-order valence-corrected chi connectivity index (χ1v) is 13.6. The third kappa shape index (κ3) is 7.71. The second-order valence-electron chi connectivity index (χ2n) is 8.60. The largest absolute Gasteiger partial charge is 0.497 e. The minimum absolute atomic E-state index is 0.108. The number of carbonyl (C=O) groups is 2. The van der Waals surface area contributed by atoms with Crippen molar-refractivity contribution in [2.75, 3.05) is 30.8 Å². The molecule has 0 aromatic heterocycles. The second kappa shape index (κ2) is 12.6. The van der Waals surface area contributed by atoms with Gasteiger partial charge < -0.3 is 15.0 Å². The van der Waals surface area contributed by atoms with E-state index in [2.05, 4.69) is 5.32 Å². The van der Waals surface area contributed by atoms with Crippen LogP contribution in [0.3, 0.4) is 0 Å². The zero-order chi connectivity index (χ0) is 26.2. The van der Waals surface area contributed by atoms with E-state index < -0.39 is 16.1 Å². The lowest BCUT2D eigenvalue weighted by Gasteiger charge is -2.29. The number of hydrogen-bond acceptors (Lipinski definition) is 5. The van der Waals surface area contributed by atoms with Crippen molar-refractivity contribution in [1.82, 2.24) is 10.2 Å². The molecule has 0 aliphatic rings. The van der Waals surface area contributed by atoms with Gasteiger partial charge >= 0.3 is 0 Å². The quantitative estimate of drug-likeness (QED) is 0.479. The number of nitrogens with zero attached hydrogens (tertiary/aromatic N) is 2. The molecule has 0 saturated heterocycles. The van der Waals surface area contributed by atoms with Gasteiger partial charge in [0, 0.05) is 26.1 Å². The summed E-state index contributed by atoms with van der Waals surface area (Å²) in [5.41, 5.74) is 3.36. The zero-order valence-electron chi connectivity index (χ0n) is 21.5. The zero-order valence-corrected chi connectivity index (χ0v) is 22.3. The van der Waals surface area contributed by atoms with Crippen LogP contribution in [0, 0.1) is 13.8 Å². The van der Waals surface area contributed by atoms with Crippen LogP contribution < -0.4 is 14.4 Å². The van der Waals surface area contributed by atoms with E-state index in [1.807, 2.05) is 57.2 Å². The van der Waals surface area contributed by atoms with Crippen molar-refractivity contribution in [1.29, 1.82) is 0 Å². The fourth-order valence-electron chi connectivity index (χ4n) is 3.82. The van der Waals surface area contributed by atoms with E-state index in [4.69, 9.17) is 4.74 Å². The van der Waals surface area contributed by atoms with Gasteiger partial charge in [-0.3, -0.25) is 13.9 Å². The molecule has 0 aliphatic carbocycles. The monoisotopic (exact) mass is 503 g/mol. The van der Waals surface area contributed by atoms with Crippen molar-refractivity contribution in [2.45, 2.75) is 53.1 Å². The number of amides is 2. The minimum atomic E-state index is -3.54. The lowest BCUT2D eigenvalue weighted by molar-refractivity contribution is -0.140. The summed E-state index contributed by atoms with van der Waals surface area (Å²) in [7, 11) is -1.95. The Balaban J connectivity index is 2.19. The van der Waals surface area contributed by atoms with Crippen LogP contribution in [0.5, 0.6) is 5.75 Å². The molecule has 9 heteroatoms. The maximum atomic E-state index is 13.3. The summed E-state index contributed by atoms with van der Waals surface area (Å²) in [5, 5.41) is 2.77. The molecular weight excluding hydrogens is 466 g/mol. The summed E-state index contributed by atoms with van der Waals surface area (Å²) < 4.78 is 31.6. The fraction of sp³-hybridized carbons (Fsp3) is 0.462. The van der Waals surface area contributed by atoms with Gasteiger partial charge in [-0.15, -0.1) is 0 Å². The van der Waals surface area contributed by atoms with Crippen LogP contribution >= 0.6 is 0 Å². The van der Waals surface area contributed by atoms with Gasteiger partial charge in [-0.25, -0.2) is 8.42 Å². The molecule has 8 nitrogen and oxygen atoms in total. The Morgan fingerprint density at radius 3 is 2.31 bits per heavy atom. The molecule has 0 unspecified atom stereocenters. The molecule has 0 bridgehead atoms. The maximum absolute atomic E-state index is 13.3.